The Balaban J connectivity index is 0.000000136. The number of nitrogens with one attached hydrogen (secondary N) is 1. The Morgan fingerprint density at radius 3 is 0.746 bits per heavy atom. The van der Waals surface area contributed by atoms with Crippen molar-refractivity contribution in [2.75, 3.05) is 0 Å². The number of hydrogen-bond donors (Lipinski definition) is 7. The molecule has 20 aliphatic carbocycles. The molecule has 0 heterocycles. The summed E-state index contributed by atoms with van der Waals surface area (Å²) in [7, 11) is 0. The molecule has 40 atom stereocenters. The molecule has 0 amide bonds. The summed E-state index contributed by atoms with van der Waals surface area (Å²) < 4.78 is 12.0. The second kappa shape index (κ2) is 33.1. The summed E-state index contributed by atoms with van der Waals surface area (Å²) in [5.41, 5.74) is 6.56. The zero-order valence-corrected chi connectivity index (χ0v) is 102. The first-order chi connectivity index (χ1) is 61.3. The van der Waals surface area contributed by atoms with E-state index in [4.69, 9.17) is 14.9 Å². The number of carbonyl (C=O) groups is 2. The molecule has 12 nitrogen and oxygen atoms in total. The maximum absolute atomic E-state index is 12.8. The van der Waals surface area contributed by atoms with Crippen LogP contribution in [0.3, 0.4) is 0 Å². The van der Waals surface area contributed by atoms with E-state index in [1.54, 1.807) is 0 Å². The summed E-state index contributed by atoms with van der Waals surface area (Å²) >= 11 is 0. The van der Waals surface area contributed by atoms with E-state index in [-0.39, 0.29) is 107 Å². The smallest absolute Gasteiger partial charge is 0.309 e. The van der Waals surface area contributed by atoms with Gasteiger partial charge in [0.25, 0.3) is 0 Å². The van der Waals surface area contributed by atoms with Gasteiger partial charge in [-0.05, 0) is 478 Å². The molecule has 0 saturated heterocycles. The third-order valence-corrected chi connectivity index (χ3v) is 53.4. The molecule has 20 saturated carbocycles. The van der Waals surface area contributed by atoms with Crippen LogP contribution in [0.2, 0.25) is 0 Å². The van der Waals surface area contributed by atoms with Crippen LogP contribution in [0.4, 0.5) is 0 Å². The van der Waals surface area contributed by atoms with Gasteiger partial charge < -0.3 is 50.3 Å². The number of ether oxygens (including phenoxy) is 2. The zero-order chi connectivity index (χ0) is 96.4. The minimum atomic E-state index is -0.538. The number of carboxylic acid groups (broad SMARTS) is 2. The molecule has 20 fully saturated rings. The maximum atomic E-state index is 12.8. The van der Waals surface area contributed by atoms with Crippen molar-refractivity contribution in [3.05, 3.63) is 48.6 Å². The second-order valence-electron chi connectivity index (χ2n) is 57.7. The predicted molar refractivity (Wildman–Crippen MR) is 531 cm³/mol. The Kier molecular flexibility index (Phi) is 25.5. The molecule has 0 aliphatic heterocycles. The van der Waals surface area contributed by atoms with Crippen LogP contribution < -0.4 is 0 Å². The van der Waals surface area contributed by atoms with Gasteiger partial charge in [-0.1, -0.05) is 194 Å². The van der Waals surface area contributed by atoms with E-state index < -0.39 is 22.8 Å². The SMILES string of the molecule is C=C(C)C1CCC2(C(=O)O)CCC3(C)C(CCC4[C@@]5(C)CCC(O)C(C)(C)C5CC[C@]43C)C12.C=C(C)C1CCC2(C(=O)O)CCC3(C)C(CCC4[C@@]5(C)CCC(O)C(C)(C)C5CC[C@]43C)C12.C=C(C)C1CCC2(O[C-]=N)CCC3(C)C(CCC4[C@@]5(C)CCC(O)C(C)(C)C5CC[C@]43C)C12.C=C(C)C1CCC2(O[C-]=O)CCC3(C)C(CCC4[C@@]5(C)CCC(O)C(C)(C)C5CC[C@]43C)C12.[Rf].[Rf]. The van der Waals surface area contributed by atoms with Gasteiger partial charge in [0.15, 0.2) is 0 Å². The van der Waals surface area contributed by atoms with E-state index in [9.17, 15) is 45.0 Å². The third kappa shape index (κ3) is 13.4. The molecule has 0 radical (unpaired) electrons. The van der Waals surface area contributed by atoms with Gasteiger partial charge in [0.2, 0.25) is 0 Å². The van der Waals surface area contributed by atoms with Gasteiger partial charge in [-0.2, -0.15) is 0 Å². The molecule has 14 heteroatoms. The number of carbonyl (C=O) groups excluding carboxylic acids is 1. The van der Waals surface area contributed by atoms with E-state index >= 15 is 0 Å². The first-order valence-electron chi connectivity index (χ1n) is 55.2. The number of aliphatic hydroxyl groups is 4. The second-order valence-corrected chi connectivity index (χ2v) is 57.7. The molecule has 7 N–H and O–H groups in total. The Labute approximate surface area is 802 Å². The Morgan fingerprint density at radius 2 is 0.507 bits per heavy atom. The quantitative estimate of drug-likeness (QED) is 0.0473. The number of aliphatic carboxylic acids is 2. The Bertz CT molecular complexity index is 4230. The van der Waals surface area contributed by atoms with Gasteiger partial charge in [0.1, 0.15) is 0 Å². The van der Waals surface area contributed by atoms with Gasteiger partial charge in [-0.25, -0.2) is 6.40 Å². The fraction of sp³-hybridized carbons (Fsp3) is 0.900. The van der Waals surface area contributed by atoms with Crippen LogP contribution in [0.5, 0.6) is 0 Å². The van der Waals surface area contributed by atoms with Crippen molar-refractivity contribution in [2.24, 2.45) is 216 Å². The van der Waals surface area contributed by atoms with Gasteiger partial charge in [0.05, 0.1) is 46.4 Å². The van der Waals surface area contributed by atoms with Crippen molar-refractivity contribution in [3.8, 4) is 0 Å². The molecular formula is C120H191NO11Rf2-2. The number of rotatable bonds is 10. The molecule has 20 rings (SSSR count). The number of hydrogen-bond acceptors (Lipinski definition) is 10. The molecule has 0 aromatic carbocycles. The minimum Gasteiger partial charge on any atom is -0.671 e. The van der Waals surface area contributed by atoms with Gasteiger partial charge in [-0.3, -0.25) is 9.59 Å². The van der Waals surface area contributed by atoms with Crippen molar-refractivity contribution in [1.82, 2.24) is 0 Å². The van der Waals surface area contributed by atoms with Crippen LogP contribution in [-0.4, -0.2) is 91.1 Å². The van der Waals surface area contributed by atoms with Crippen molar-refractivity contribution in [3.63, 3.8) is 0 Å². The molecule has 0 spiro atoms. The van der Waals surface area contributed by atoms with Crippen LogP contribution in [0, 0.1) is 221 Å². The van der Waals surface area contributed by atoms with Crippen LogP contribution in [0.15, 0.2) is 48.6 Å². The fourth-order valence-electron chi connectivity index (χ4n) is 45.7. The van der Waals surface area contributed by atoms with Crippen molar-refractivity contribution >= 4 is 24.8 Å². The average molecular weight is 2360 g/mol. The third-order valence-electron chi connectivity index (χ3n) is 53.4. The average Bonchev–Trinajstić information content (AvgIpc) is 1.16. The number of fused-ring (bicyclic) bond motifs is 28. The first-order valence-corrected chi connectivity index (χ1v) is 55.2. The largest absolute Gasteiger partial charge is 0.671 e. The molecule has 0 aromatic heterocycles. The summed E-state index contributed by atoms with van der Waals surface area (Å²) in [6, 6.07) is 0. The predicted octanol–water partition coefficient (Wildman–Crippen LogP) is 28.3. The van der Waals surface area contributed by atoms with Crippen LogP contribution in [-0.2, 0) is 23.9 Å². The summed E-state index contributed by atoms with van der Waals surface area (Å²) in [6.07, 6.45) is 46.0. The van der Waals surface area contributed by atoms with Crippen molar-refractivity contribution < 1.29 is 54.5 Å². The van der Waals surface area contributed by atoms with E-state index in [0.29, 0.717) is 128 Å². The minimum absolute atomic E-state index is 0. The van der Waals surface area contributed by atoms with Gasteiger partial charge >= 0.3 is 11.9 Å². The Morgan fingerprint density at radius 1 is 0.276 bits per heavy atom. The molecule has 0 aromatic rings. The maximum Gasteiger partial charge on any atom is 0.309 e. The number of allylic oxidation sites excluding steroid dienone is 4. The van der Waals surface area contributed by atoms with Crippen LogP contribution >= 0.6 is 0 Å². The summed E-state index contributed by atoms with van der Waals surface area (Å²) in [6.45, 7) is 77.8. The monoisotopic (exact) mass is 2360 g/mol. The van der Waals surface area contributed by atoms with Crippen LogP contribution in [0.1, 0.15) is 423 Å². The first kappa shape index (κ1) is 103. The molecule has 20 aliphatic rings. The van der Waals surface area contributed by atoms with Gasteiger partial charge in [-0.15, -0.1) is 0 Å². The van der Waals surface area contributed by atoms with Gasteiger partial charge in [0, 0.05) is 11.8 Å². The zero-order valence-electron chi connectivity index (χ0n) is 89.6. The topological polar surface area (TPSA) is 215 Å². The van der Waals surface area contributed by atoms with E-state index in [1.807, 2.05) is 6.47 Å². The molecular weight excluding hydrogens is 2170 g/mol. The molecule has 0 bridgehead atoms. The molecule has 748 valence electrons. The molecule has 134 heavy (non-hydrogen) atoms. The standard InChI is InChI=1S/C30H48NO2.C30H47O3.2C30H48O3.2Rf/c2*1-19(2)20-10-15-30(33-18-31)17-16-28(6)21(25(20)30)8-9-23-27(5)13-12-24(32)26(3,4)22(27)11-14-29(23,28)7;2*1-18(2)19-10-15-30(25(32)33)17-16-28(6)20(24(19)30)8-9-22-27(5)13-12-23(31)26(3,4)21(27)11-14-29(22,28)7;;/h20-25,31-32H,1,8-17H2,2-7H3;20-25,32H,1,8-17H2,2-7H3;2*19-24,31H,1,8-17H2,2-7H3,(H,32,33);;/q2*-1;;;;/t2*20?,21?,22?,23?,24?,25?,27-,28?,29+,30?;2*19?,20?,21?,22?,23?,24?,27-,28?,29+,30?;;/m0000../s1. The number of carboxylic acids is 2. The Hall–Kier alpha value is -5.32. The van der Waals surface area contributed by atoms with E-state index in [2.05, 4.69) is 199 Å². The fourth-order valence-corrected chi connectivity index (χ4v) is 45.7. The normalized spacial score (nSPS) is 54.1. The molecule has 32 unspecified atom stereocenters. The summed E-state index contributed by atoms with van der Waals surface area (Å²) in [4.78, 5) is 37.0. The van der Waals surface area contributed by atoms with Crippen molar-refractivity contribution in [1.29, 1.82) is 5.41 Å². The van der Waals surface area contributed by atoms with Crippen LogP contribution in [0.25, 0.3) is 0 Å². The van der Waals surface area contributed by atoms with Crippen molar-refractivity contribution in [2.45, 2.75) is 459 Å². The van der Waals surface area contributed by atoms with E-state index in [1.165, 1.54) is 138 Å². The van der Waals surface area contributed by atoms with E-state index in [0.717, 1.165) is 147 Å². The summed E-state index contributed by atoms with van der Waals surface area (Å²) in [5.74, 6) is 9.26. The summed E-state index contributed by atoms with van der Waals surface area (Å²) in [5, 5.41) is 72.3. The number of aliphatic hydroxyl groups excluding tert-OH is 4.